The number of likely N-dealkylation sites (tertiary alicyclic amines) is 1. The molecule has 2 rings (SSSR count). The lowest BCUT2D eigenvalue weighted by Crippen LogP contribution is -2.44. The van der Waals surface area contributed by atoms with Crippen molar-refractivity contribution in [3.05, 3.63) is 34.6 Å². The van der Waals surface area contributed by atoms with Crippen molar-refractivity contribution >= 4 is 23.5 Å². The molecule has 0 radical (unpaired) electrons. The van der Waals surface area contributed by atoms with E-state index in [0.29, 0.717) is 19.0 Å². The molecule has 1 aromatic carbocycles. The number of benzene rings is 1. The Bertz CT molecular complexity index is 573. The number of nitrogens with one attached hydrogen (secondary N) is 2. The molecule has 0 unspecified atom stereocenters. The highest BCUT2D eigenvalue weighted by atomic mass is 35.5. The van der Waals surface area contributed by atoms with E-state index in [2.05, 4.69) is 15.6 Å². The van der Waals surface area contributed by atoms with Gasteiger partial charge in [0.1, 0.15) is 5.82 Å². The van der Waals surface area contributed by atoms with Crippen LogP contribution in [0.3, 0.4) is 0 Å². The summed E-state index contributed by atoms with van der Waals surface area (Å²) in [4.78, 5) is 18.3. The van der Waals surface area contributed by atoms with E-state index in [0.717, 1.165) is 31.5 Å². The summed E-state index contributed by atoms with van der Waals surface area (Å²) in [6.07, 6.45) is 2.15. The van der Waals surface area contributed by atoms with Crippen LogP contribution in [0.4, 0.5) is 4.39 Å². The van der Waals surface area contributed by atoms with Gasteiger partial charge in [0.25, 0.3) is 0 Å². The predicted molar refractivity (Wildman–Crippen MR) is 90.0 cm³/mol. The lowest BCUT2D eigenvalue weighted by molar-refractivity contribution is -0.128. The van der Waals surface area contributed by atoms with Crippen LogP contribution >= 0.6 is 11.6 Å². The molecular weight excluding hydrogens is 319 g/mol. The van der Waals surface area contributed by atoms with Crippen molar-refractivity contribution in [2.75, 3.05) is 26.2 Å². The number of halogens is 2. The fourth-order valence-electron chi connectivity index (χ4n) is 2.39. The van der Waals surface area contributed by atoms with Gasteiger partial charge in [-0.2, -0.15) is 0 Å². The molecule has 126 valence electrons. The van der Waals surface area contributed by atoms with Gasteiger partial charge in [0.05, 0.1) is 18.1 Å². The van der Waals surface area contributed by atoms with Crippen molar-refractivity contribution < 1.29 is 9.18 Å². The maximum absolute atomic E-state index is 13.1. The van der Waals surface area contributed by atoms with Gasteiger partial charge in [0.2, 0.25) is 5.91 Å². The van der Waals surface area contributed by atoms with Crippen LogP contribution in [0.25, 0.3) is 0 Å². The summed E-state index contributed by atoms with van der Waals surface area (Å²) in [6.45, 7) is 4.88. The number of rotatable bonds is 5. The SMILES string of the molecule is CCNC(=NCc1ccc(F)c(Cl)c1)NCC(=O)N1CCCC1. The molecule has 5 nitrogen and oxygen atoms in total. The summed E-state index contributed by atoms with van der Waals surface area (Å²) in [7, 11) is 0. The molecule has 1 aromatic rings. The van der Waals surface area contributed by atoms with E-state index in [1.165, 1.54) is 6.07 Å². The molecule has 1 fully saturated rings. The summed E-state index contributed by atoms with van der Waals surface area (Å²) >= 11 is 5.76. The number of carbonyl (C=O) groups is 1. The average molecular weight is 341 g/mol. The van der Waals surface area contributed by atoms with Crippen LogP contribution in [0.15, 0.2) is 23.2 Å². The number of hydrogen-bond acceptors (Lipinski definition) is 2. The molecule has 23 heavy (non-hydrogen) atoms. The fourth-order valence-corrected chi connectivity index (χ4v) is 2.59. The Balaban J connectivity index is 1.90. The summed E-state index contributed by atoms with van der Waals surface area (Å²) in [6, 6.07) is 4.52. The largest absolute Gasteiger partial charge is 0.357 e. The van der Waals surface area contributed by atoms with Crippen molar-refractivity contribution in [2.24, 2.45) is 4.99 Å². The van der Waals surface area contributed by atoms with E-state index in [-0.39, 0.29) is 17.5 Å². The van der Waals surface area contributed by atoms with Crippen LogP contribution in [-0.4, -0.2) is 42.9 Å². The highest BCUT2D eigenvalue weighted by Gasteiger charge is 2.17. The second-order valence-corrected chi connectivity index (χ2v) is 5.79. The highest BCUT2D eigenvalue weighted by molar-refractivity contribution is 6.30. The van der Waals surface area contributed by atoms with E-state index in [4.69, 9.17) is 11.6 Å². The molecule has 7 heteroatoms. The van der Waals surface area contributed by atoms with Gasteiger partial charge >= 0.3 is 0 Å². The number of aliphatic imine (C=N–C) groups is 1. The molecule has 1 aliphatic heterocycles. The molecule has 0 aliphatic carbocycles. The van der Waals surface area contributed by atoms with Crippen LogP contribution in [-0.2, 0) is 11.3 Å². The Morgan fingerprint density at radius 2 is 2.09 bits per heavy atom. The molecule has 0 bridgehead atoms. The monoisotopic (exact) mass is 340 g/mol. The van der Waals surface area contributed by atoms with Gasteiger partial charge < -0.3 is 15.5 Å². The standard InChI is InChI=1S/C16H22ClFN4O/c1-2-19-16(21-11-15(23)22-7-3-4-8-22)20-10-12-5-6-14(18)13(17)9-12/h5-6,9H,2-4,7-8,10-11H2,1H3,(H2,19,20,21). The van der Waals surface area contributed by atoms with Gasteiger partial charge in [0.15, 0.2) is 5.96 Å². The fraction of sp³-hybridized carbons (Fsp3) is 0.500. The van der Waals surface area contributed by atoms with Gasteiger partial charge in [0, 0.05) is 19.6 Å². The van der Waals surface area contributed by atoms with Crippen molar-refractivity contribution in [1.82, 2.24) is 15.5 Å². The van der Waals surface area contributed by atoms with E-state index in [9.17, 15) is 9.18 Å². The molecular formula is C16H22ClFN4O. The zero-order valence-corrected chi connectivity index (χ0v) is 14.0. The minimum absolute atomic E-state index is 0.0814. The predicted octanol–water partition coefficient (Wildman–Crippen LogP) is 2.16. The topological polar surface area (TPSA) is 56.7 Å². The van der Waals surface area contributed by atoms with Crippen LogP contribution < -0.4 is 10.6 Å². The zero-order chi connectivity index (χ0) is 16.7. The van der Waals surface area contributed by atoms with E-state index < -0.39 is 5.82 Å². The number of nitrogens with zero attached hydrogens (tertiary/aromatic N) is 2. The molecule has 2 N–H and O–H groups in total. The highest BCUT2D eigenvalue weighted by Crippen LogP contribution is 2.16. The molecule has 1 aliphatic rings. The lowest BCUT2D eigenvalue weighted by atomic mass is 10.2. The Labute approximate surface area is 140 Å². The third kappa shape index (κ3) is 5.39. The lowest BCUT2D eigenvalue weighted by Gasteiger charge is -2.17. The average Bonchev–Trinajstić information content (AvgIpc) is 3.07. The smallest absolute Gasteiger partial charge is 0.241 e. The van der Waals surface area contributed by atoms with Crippen LogP contribution in [0.1, 0.15) is 25.3 Å². The first kappa shape index (κ1) is 17.5. The first-order valence-corrected chi connectivity index (χ1v) is 8.22. The summed E-state index contributed by atoms with van der Waals surface area (Å²) in [5, 5.41) is 6.20. The summed E-state index contributed by atoms with van der Waals surface area (Å²) < 4.78 is 13.1. The number of carbonyl (C=O) groups excluding carboxylic acids is 1. The molecule has 1 heterocycles. The number of amides is 1. The second-order valence-electron chi connectivity index (χ2n) is 5.39. The minimum atomic E-state index is -0.444. The zero-order valence-electron chi connectivity index (χ0n) is 13.2. The number of hydrogen-bond donors (Lipinski definition) is 2. The normalized spacial score (nSPS) is 14.9. The second kappa shape index (κ2) is 8.72. The van der Waals surface area contributed by atoms with E-state index in [1.54, 1.807) is 12.1 Å². The quantitative estimate of drug-likeness (QED) is 0.638. The van der Waals surface area contributed by atoms with Gasteiger partial charge in [-0.3, -0.25) is 4.79 Å². The molecule has 0 atom stereocenters. The van der Waals surface area contributed by atoms with Crippen LogP contribution in [0.5, 0.6) is 0 Å². The maximum atomic E-state index is 13.1. The van der Waals surface area contributed by atoms with E-state index in [1.807, 2.05) is 11.8 Å². The van der Waals surface area contributed by atoms with Gasteiger partial charge in [-0.1, -0.05) is 17.7 Å². The summed E-state index contributed by atoms with van der Waals surface area (Å²) in [5.74, 6) is 0.194. The van der Waals surface area contributed by atoms with Gasteiger partial charge in [-0.15, -0.1) is 0 Å². The Hall–Kier alpha value is -1.82. The van der Waals surface area contributed by atoms with Crippen molar-refractivity contribution in [3.63, 3.8) is 0 Å². The first-order chi connectivity index (χ1) is 11.1. The molecule has 0 spiro atoms. The molecule has 0 saturated carbocycles. The summed E-state index contributed by atoms with van der Waals surface area (Å²) in [5.41, 5.74) is 0.805. The Kier molecular flexibility index (Phi) is 6.65. The van der Waals surface area contributed by atoms with Crippen molar-refractivity contribution in [1.29, 1.82) is 0 Å². The first-order valence-electron chi connectivity index (χ1n) is 7.84. The van der Waals surface area contributed by atoms with Crippen LogP contribution in [0.2, 0.25) is 5.02 Å². The van der Waals surface area contributed by atoms with Crippen LogP contribution in [0, 0.1) is 5.82 Å². The van der Waals surface area contributed by atoms with E-state index >= 15 is 0 Å². The van der Waals surface area contributed by atoms with Gasteiger partial charge in [-0.05, 0) is 37.5 Å². The molecule has 1 saturated heterocycles. The van der Waals surface area contributed by atoms with Crippen molar-refractivity contribution in [2.45, 2.75) is 26.3 Å². The van der Waals surface area contributed by atoms with Gasteiger partial charge in [-0.25, -0.2) is 9.38 Å². The maximum Gasteiger partial charge on any atom is 0.241 e. The van der Waals surface area contributed by atoms with Crippen molar-refractivity contribution in [3.8, 4) is 0 Å². The minimum Gasteiger partial charge on any atom is -0.357 e. The Morgan fingerprint density at radius 1 is 1.35 bits per heavy atom. The Morgan fingerprint density at radius 3 is 2.74 bits per heavy atom. The third-order valence-corrected chi connectivity index (χ3v) is 3.90. The number of guanidine groups is 1. The molecule has 0 aromatic heterocycles. The molecule has 1 amide bonds. The third-order valence-electron chi connectivity index (χ3n) is 3.61.